The van der Waals surface area contributed by atoms with Gasteiger partial charge in [-0.2, -0.15) is 25.7 Å². The predicted octanol–water partition coefficient (Wildman–Crippen LogP) is -0.181. The second-order valence-electron chi connectivity index (χ2n) is 3.75. The first kappa shape index (κ1) is 12.2. The first-order valence-corrected chi connectivity index (χ1v) is 5.92. The van der Waals surface area contributed by atoms with Crippen molar-refractivity contribution in [1.29, 1.82) is 0 Å². The number of rotatable bonds is 1. The van der Waals surface area contributed by atoms with Crippen LogP contribution in [0.4, 0.5) is 13.2 Å². The minimum atomic E-state index is -5.57. The molecule has 0 atom stereocenters. The standard InChI is InChI=1S/C7H8F3N3O3S/c1-12-2-4-5(3-12)13(11-6(4)14)17(15,16)7(8,9)10/h2-3H2,1H3,(H,11,14). The minimum absolute atomic E-state index is 0.0244. The molecule has 0 saturated heterocycles. The summed E-state index contributed by atoms with van der Waals surface area (Å²) in [6.07, 6.45) is 0. The van der Waals surface area contributed by atoms with Crippen LogP contribution in [-0.4, -0.2) is 35.1 Å². The van der Waals surface area contributed by atoms with Gasteiger partial charge >= 0.3 is 15.5 Å². The van der Waals surface area contributed by atoms with E-state index in [2.05, 4.69) is 0 Å². The summed E-state index contributed by atoms with van der Waals surface area (Å²) in [7, 11) is -4.00. The van der Waals surface area contributed by atoms with E-state index < -0.39 is 21.1 Å². The second kappa shape index (κ2) is 3.35. The number of alkyl halides is 3. The molecule has 17 heavy (non-hydrogen) atoms. The van der Waals surface area contributed by atoms with Crippen LogP contribution in [0.15, 0.2) is 4.79 Å². The van der Waals surface area contributed by atoms with Gasteiger partial charge in [-0.25, -0.2) is 5.10 Å². The van der Waals surface area contributed by atoms with E-state index in [4.69, 9.17) is 0 Å². The van der Waals surface area contributed by atoms with Crippen molar-refractivity contribution in [1.82, 2.24) is 14.1 Å². The smallest absolute Gasteiger partial charge is 0.296 e. The Kier molecular flexibility index (Phi) is 2.40. The predicted molar refractivity (Wildman–Crippen MR) is 50.6 cm³/mol. The van der Waals surface area contributed by atoms with Crippen molar-refractivity contribution in [2.75, 3.05) is 7.05 Å². The Bertz CT molecular complexity index is 613. The summed E-state index contributed by atoms with van der Waals surface area (Å²) in [4.78, 5) is 12.9. The van der Waals surface area contributed by atoms with Gasteiger partial charge in [0.2, 0.25) is 0 Å². The number of aromatic nitrogens is 2. The molecule has 1 N–H and O–H groups in total. The highest BCUT2D eigenvalue weighted by molar-refractivity contribution is 7.90. The molecule has 0 spiro atoms. The van der Waals surface area contributed by atoms with E-state index in [1.54, 1.807) is 17.0 Å². The molecule has 1 aliphatic heterocycles. The summed E-state index contributed by atoms with van der Waals surface area (Å²) in [6, 6.07) is 0. The van der Waals surface area contributed by atoms with Gasteiger partial charge in [0.1, 0.15) is 0 Å². The molecule has 0 saturated carbocycles. The van der Waals surface area contributed by atoms with Crippen molar-refractivity contribution in [3.63, 3.8) is 0 Å². The number of aromatic amines is 1. The molecule has 0 fully saturated rings. The molecule has 0 bridgehead atoms. The maximum atomic E-state index is 12.3. The number of nitrogens with zero attached hydrogens (tertiary/aromatic N) is 2. The van der Waals surface area contributed by atoms with Crippen molar-refractivity contribution in [2.45, 2.75) is 18.6 Å². The Morgan fingerprint density at radius 3 is 2.41 bits per heavy atom. The quantitative estimate of drug-likeness (QED) is 0.769. The highest BCUT2D eigenvalue weighted by atomic mass is 32.2. The summed E-state index contributed by atoms with van der Waals surface area (Å²) in [5.74, 6) is 0. The van der Waals surface area contributed by atoms with Crippen molar-refractivity contribution < 1.29 is 21.6 Å². The van der Waals surface area contributed by atoms with Gasteiger partial charge in [-0.3, -0.25) is 9.69 Å². The summed E-state index contributed by atoms with van der Waals surface area (Å²) in [5, 5.41) is 1.71. The molecule has 0 radical (unpaired) electrons. The molecule has 6 nitrogen and oxygen atoms in total. The van der Waals surface area contributed by atoms with Crippen LogP contribution >= 0.6 is 0 Å². The van der Waals surface area contributed by atoms with E-state index in [1.165, 1.54) is 0 Å². The maximum absolute atomic E-state index is 12.3. The first-order chi connectivity index (χ1) is 7.64. The summed E-state index contributed by atoms with van der Waals surface area (Å²) >= 11 is 0. The van der Waals surface area contributed by atoms with Gasteiger partial charge in [-0.15, -0.1) is 0 Å². The van der Waals surface area contributed by atoms with E-state index in [1.807, 2.05) is 0 Å². The molecule has 0 amide bonds. The number of H-pyrrole nitrogens is 1. The summed E-state index contributed by atoms with van der Waals surface area (Å²) in [5.41, 5.74) is -6.35. The van der Waals surface area contributed by atoms with Gasteiger partial charge in [0.25, 0.3) is 5.56 Å². The first-order valence-electron chi connectivity index (χ1n) is 4.48. The van der Waals surface area contributed by atoms with Crippen molar-refractivity contribution in [2.24, 2.45) is 0 Å². The fourth-order valence-corrected chi connectivity index (χ4v) is 2.56. The van der Waals surface area contributed by atoms with Crippen LogP contribution in [0.1, 0.15) is 11.3 Å². The molecule has 0 aromatic carbocycles. The third-order valence-corrected chi connectivity index (χ3v) is 3.83. The van der Waals surface area contributed by atoms with E-state index in [0.717, 1.165) is 0 Å². The van der Waals surface area contributed by atoms with Gasteiger partial charge < -0.3 is 0 Å². The Hall–Kier alpha value is -1.29. The van der Waals surface area contributed by atoms with E-state index in [9.17, 15) is 26.4 Å². The molecule has 1 aliphatic rings. The molecule has 1 aromatic rings. The zero-order valence-electron chi connectivity index (χ0n) is 8.58. The Labute approximate surface area is 93.7 Å². The van der Waals surface area contributed by atoms with Crippen LogP contribution in [0.25, 0.3) is 0 Å². The van der Waals surface area contributed by atoms with Gasteiger partial charge in [0.05, 0.1) is 11.3 Å². The number of hydrogen-bond acceptors (Lipinski definition) is 4. The topological polar surface area (TPSA) is 75.2 Å². The zero-order chi connectivity index (χ0) is 13.0. The van der Waals surface area contributed by atoms with Crippen molar-refractivity contribution in [3.8, 4) is 0 Å². The molecule has 96 valence electrons. The largest absolute Gasteiger partial charge is 0.518 e. The van der Waals surface area contributed by atoms with Crippen LogP contribution in [0.2, 0.25) is 0 Å². The molecule has 10 heteroatoms. The zero-order valence-corrected chi connectivity index (χ0v) is 9.39. The SMILES string of the molecule is CN1Cc2c(n(S(=O)(=O)C(F)(F)F)[nH]c2=O)C1. The lowest BCUT2D eigenvalue weighted by molar-refractivity contribution is -0.0450. The molecule has 0 unspecified atom stereocenters. The Balaban J connectivity index is 2.65. The Morgan fingerprint density at radius 2 is 1.88 bits per heavy atom. The van der Waals surface area contributed by atoms with E-state index in [-0.39, 0.29) is 28.4 Å². The normalized spacial score (nSPS) is 17.4. The van der Waals surface area contributed by atoms with Crippen molar-refractivity contribution in [3.05, 3.63) is 21.6 Å². The van der Waals surface area contributed by atoms with Crippen LogP contribution in [0.3, 0.4) is 0 Å². The fraction of sp³-hybridized carbons (Fsp3) is 0.571. The van der Waals surface area contributed by atoms with Gasteiger partial charge in [0.15, 0.2) is 0 Å². The van der Waals surface area contributed by atoms with Crippen LogP contribution in [0.5, 0.6) is 0 Å². The average Bonchev–Trinajstić information content (AvgIpc) is 2.64. The number of halogens is 3. The molecule has 1 aromatic heterocycles. The molecule has 2 heterocycles. The fourth-order valence-electron chi connectivity index (χ4n) is 1.69. The summed E-state index contributed by atoms with van der Waals surface area (Å²) < 4.78 is 59.3. The third kappa shape index (κ3) is 1.67. The van der Waals surface area contributed by atoms with E-state index >= 15 is 0 Å². The number of nitrogens with one attached hydrogen (secondary N) is 1. The molecule has 0 aliphatic carbocycles. The van der Waals surface area contributed by atoms with Crippen LogP contribution < -0.4 is 5.56 Å². The Morgan fingerprint density at radius 1 is 1.29 bits per heavy atom. The average molecular weight is 271 g/mol. The molecule has 2 rings (SSSR count). The highest BCUT2D eigenvalue weighted by Gasteiger charge is 2.49. The summed E-state index contributed by atoms with van der Waals surface area (Å²) in [6.45, 7) is 0.106. The van der Waals surface area contributed by atoms with Gasteiger partial charge in [-0.05, 0) is 7.05 Å². The van der Waals surface area contributed by atoms with Gasteiger partial charge in [-0.1, -0.05) is 0 Å². The van der Waals surface area contributed by atoms with Crippen molar-refractivity contribution >= 4 is 10.0 Å². The second-order valence-corrected chi connectivity index (χ2v) is 5.53. The highest BCUT2D eigenvalue weighted by Crippen LogP contribution is 2.28. The monoisotopic (exact) mass is 271 g/mol. The van der Waals surface area contributed by atoms with Gasteiger partial charge in [0, 0.05) is 13.1 Å². The lowest BCUT2D eigenvalue weighted by Crippen LogP contribution is -2.33. The molecular formula is C7H8F3N3O3S. The number of hydrogen-bond donors (Lipinski definition) is 1. The maximum Gasteiger partial charge on any atom is 0.518 e. The minimum Gasteiger partial charge on any atom is -0.296 e. The number of fused-ring (bicyclic) bond motifs is 1. The molecular weight excluding hydrogens is 263 g/mol. The van der Waals surface area contributed by atoms with E-state index in [0.29, 0.717) is 0 Å². The van der Waals surface area contributed by atoms with Crippen LogP contribution in [-0.2, 0) is 23.1 Å². The third-order valence-electron chi connectivity index (χ3n) is 2.45. The lowest BCUT2D eigenvalue weighted by Gasteiger charge is -2.11. The van der Waals surface area contributed by atoms with Crippen LogP contribution in [0, 0.1) is 0 Å². The lowest BCUT2D eigenvalue weighted by atomic mass is 10.3.